The number of allylic oxidation sites excluding steroid dienone is 1. The first-order valence-electron chi connectivity index (χ1n) is 5.84. The molecule has 0 aromatic rings. The summed E-state index contributed by atoms with van der Waals surface area (Å²) in [6.45, 7) is 7.07. The molecule has 0 unspecified atom stereocenters. The van der Waals surface area contributed by atoms with Crippen LogP contribution < -0.4 is 0 Å². The van der Waals surface area contributed by atoms with Crippen LogP contribution in [0.25, 0.3) is 0 Å². The first-order chi connectivity index (χ1) is 8.63. The Bertz CT molecular complexity index is 483. The molecule has 2 heterocycles. The number of halogens is 1. The molecule has 0 aromatic carbocycles. The second-order valence-electron chi connectivity index (χ2n) is 5.89. The second kappa shape index (κ2) is 4.03. The van der Waals surface area contributed by atoms with E-state index in [1.807, 2.05) is 0 Å². The van der Waals surface area contributed by atoms with E-state index in [-0.39, 0.29) is 17.7 Å². The van der Waals surface area contributed by atoms with Gasteiger partial charge in [0.2, 0.25) is 5.91 Å². The van der Waals surface area contributed by atoms with Crippen LogP contribution >= 0.6 is 11.6 Å². The summed E-state index contributed by atoms with van der Waals surface area (Å²) >= 11 is 5.88. The molecule has 7 heteroatoms. The summed E-state index contributed by atoms with van der Waals surface area (Å²) in [5.41, 5.74) is -1.32. The lowest BCUT2D eigenvalue weighted by Gasteiger charge is -2.46. The minimum atomic E-state index is -1.49. The van der Waals surface area contributed by atoms with Crippen molar-refractivity contribution in [2.24, 2.45) is 10.8 Å². The summed E-state index contributed by atoms with van der Waals surface area (Å²) in [6, 6.07) is 0. The van der Waals surface area contributed by atoms with Crippen molar-refractivity contribution in [1.82, 2.24) is 4.90 Å². The fourth-order valence-electron chi connectivity index (χ4n) is 2.14. The molecule has 2 aliphatic heterocycles. The molecule has 0 spiro atoms. The maximum Gasteiger partial charge on any atom is 0.512 e. The van der Waals surface area contributed by atoms with Gasteiger partial charge in [0.15, 0.2) is 12.0 Å². The van der Waals surface area contributed by atoms with Crippen LogP contribution in [0.15, 0.2) is 11.6 Å². The van der Waals surface area contributed by atoms with Crippen molar-refractivity contribution in [2.45, 2.75) is 33.9 Å². The number of hydrogen-bond donors (Lipinski definition) is 1. The Morgan fingerprint density at radius 3 is 2.63 bits per heavy atom. The summed E-state index contributed by atoms with van der Waals surface area (Å²) in [6.07, 6.45) is -2.02. The van der Waals surface area contributed by atoms with E-state index in [0.717, 1.165) is 0 Å². The molecule has 6 nitrogen and oxygen atoms in total. The van der Waals surface area contributed by atoms with Gasteiger partial charge in [0.25, 0.3) is 5.88 Å². The van der Waals surface area contributed by atoms with E-state index in [9.17, 15) is 9.59 Å². The predicted octanol–water partition coefficient (Wildman–Crippen LogP) is 2.34. The monoisotopic (exact) mass is 289 g/mol. The maximum atomic E-state index is 12.0. The number of ether oxygens (including phenoxy) is 2. The number of alkyl halides is 1. The molecule has 2 aliphatic rings. The van der Waals surface area contributed by atoms with E-state index in [4.69, 9.17) is 26.2 Å². The highest BCUT2D eigenvalue weighted by molar-refractivity contribution is 6.18. The summed E-state index contributed by atoms with van der Waals surface area (Å²) in [5, 5.41) is 8.79. The van der Waals surface area contributed by atoms with Crippen LogP contribution in [0.4, 0.5) is 4.79 Å². The first kappa shape index (κ1) is 14.0. The molecule has 0 saturated carbocycles. The fourth-order valence-corrected chi connectivity index (χ4v) is 2.26. The number of fused-ring (bicyclic) bond motifs is 1. The SMILES string of the molecule is CC(C)(CCl)C1=C(OC(=O)O)N2C(=O)C(C)(C)[C@@H]2O1. The maximum absolute atomic E-state index is 12.0. The smallest absolute Gasteiger partial charge is 0.467 e. The Kier molecular flexibility index (Phi) is 2.97. The van der Waals surface area contributed by atoms with Crippen LogP contribution in [0.5, 0.6) is 0 Å². The van der Waals surface area contributed by atoms with Gasteiger partial charge in [-0.15, -0.1) is 11.6 Å². The third-order valence-corrected chi connectivity index (χ3v) is 4.07. The topological polar surface area (TPSA) is 76.1 Å². The number of β-lactam (4-membered cyclic amide) rings is 1. The van der Waals surface area contributed by atoms with Gasteiger partial charge in [-0.05, 0) is 13.8 Å². The lowest BCUT2D eigenvalue weighted by atomic mass is 9.81. The minimum Gasteiger partial charge on any atom is -0.467 e. The summed E-state index contributed by atoms with van der Waals surface area (Å²) < 4.78 is 10.5. The van der Waals surface area contributed by atoms with Crippen molar-refractivity contribution < 1.29 is 24.2 Å². The molecule has 1 fully saturated rings. The Balaban J connectivity index is 2.42. The van der Waals surface area contributed by atoms with Crippen molar-refractivity contribution in [1.29, 1.82) is 0 Å². The number of hydrogen-bond acceptors (Lipinski definition) is 4. The van der Waals surface area contributed by atoms with Crippen LogP contribution in [-0.4, -0.2) is 34.2 Å². The van der Waals surface area contributed by atoms with Crippen molar-refractivity contribution >= 4 is 23.7 Å². The van der Waals surface area contributed by atoms with Gasteiger partial charge in [0.05, 0.1) is 0 Å². The van der Waals surface area contributed by atoms with Crippen LogP contribution in [0.3, 0.4) is 0 Å². The number of rotatable bonds is 3. The number of carboxylic acid groups (broad SMARTS) is 1. The van der Waals surface area contributed by atoms with Gasteiger partial charge < -0.3 is 14.6 Å². The highest BCUT2D eigenvalue weighted by atomic mass is 35.5. The van der Waals surface area contributed by atoms with E-state index in [0.29, 0.717) is 5.76 Å². The fraction of sp³-hybridized carbons (Fsp3) is 0.667. The average molecular weight is 290 g/mol. The van der Waals surface area contributed by atoms with Crippen LogP contribution in [0.2, 0.25) is 0 Å². The van der Waals surface area contributed by atoms with Crippen LogP contribution in [0, 0.1) is 10.8 Å². The Labute approximate surface area is 115 Å². The molecule has 2 rings (SSSR count). The Morgan fingerprint density at radius 1 is 1.58 bits per heavy atom. The summed E-state index contributed by atoms with van der Waals surface area (Å²) in [7, 11) is 0. The number of nitrogens with zero attached hydrogens (tertiary/aromatic N) is 1. The van der Waals surface area contributed by atoms with Gasteiger partial charge in [-0.25, -0.2) is 9.69 Å². The molecule has 0 aliphatic carbocycles. The van der Waals surface area contributed by atoms with E-state index in [1.54, 1.807) is 27.7 Å². The highest BCUT2D eigenvalue weighted by Crippen LogP contribution is 2.51. The lowest BCUT2D eigenvalue weighted by Crippen LogP contribution is -2.64. The van der Waals surface area contributed by atoms with Gasteiger partial charge >= 0.3 is 6.16 Å². The van der Waals surface area contributed by atoms with Gasteiger partial charge in [-0.2, -0.15) is 0 Å². The van der Waals surface area contributed by atoms with E-state index in [2.05, 4.69) is 0 Å². The van der Waals surface area contributed by atoms with Crippen molar-refractivity contribution in [3.8, 4) is 0 Å². The van der Waals surface area contributed by atoms with Crippen LogP contribution in [0.1, 0.15) is 27.7 Å². The standard InChI is InChI=1S/C12H16ClNO5/c1-11(2,5-13)6-7(19-10(16)17)14-8(15)12(3,4)9(14)18-6/h9H,5H2,1-4H3,(H,16,17)/t9-/m0/s1. The van der Waals surface area contributed by atoms with E-state index >= 15 is 0 Å². The van der Waals surface area contributed by atoms with Crippen molar-refractivity contribution in [3.05, 3.63) is 11.6 Å². The zero-order valence-corrected chi connectivity index (χ0v) is 11.9. The molecule has 1 saturated heterocycles. The molecule has 0 bridgehead atoms. The lowest BCUT2D eigenvalue weighted by molar-refractivity contribution is -0.191. The number of amides is 1. The third kappa shape index (κ3) is 1.85. The first-order valence-corrected chi connectivity index (χ1v) is 6.38. The summed E-state index contributed by atoms with van der Waals surface area (Å²) in [5.74, 6) is 0.222. The zero-order valence-electron chi connectivity index (χ0n) is 11.2. The van der Waals surface area contributed by atoms with Gasteiger partial charge in [-0.1, -0.05) is 13.8 Å². The average Bonchev–Trinajstić information content (AvgIpc) is 2.66. The third-order valence-electron chi connectivity index (χ3n) is 3.40. The second-order valence-corrected chi connectivity index (χ2v) is 6.15. The van der Waals surface area contributed by atoms with E-state index < -0.39 is 23.2 Å². The van der Waals surface area contributed by atoms with Gasteiger partial charge in [-0.3, -0.25) is 4.79 Å². The molecule has 1 atom stereocenters. The molecular formula is C12H16ClNO5. The van der Waals surface area contributed by atoms with Crippen molar-refractivity contribution in [3.63, 3.8) is 0 Å². The quantitative estimate of drug-likeness (QED) is 0.490. The van der Waals surface area contributed by atoms with Gasteiger partial charge in [0, 0.05) is 11.3 Å². The minimum absolute atomic E-state index is 0.0625. The van der Waals surface area contributed by atoms with E-state index in [1.165, 1.54) is 4.90 Å². The zero-order chi connectivity index (χ0) is 14.6. The van der Waals surface area contributed by atoms with Gasteiger partial charge in [0.1, 0.15) is 5.41 Å². The normalized spacial score (nSPS) is 24.8. The number of carbonyl (C=O) groups is 2. The molecule has 19 heavy (non-hydrogen) atoms. The Morgan fingerprint density at radius 2 is 2.16 bits per heavy atom. The predicted molar refractivity (Wildman–Crippen MR) is 66.1 cm³/mol. The molecule has 106 valence electrons. The Hall–Kier alpha value is -1.43. The molecular weight excluding hydrogens is 274 g/mol. The molecule has 1 N–H and O–H groups in total. The van der Waals surface area contributed by atoms with Crippen molar-refractivity contribution in [2.75, 3.05) is 5.88 Å². The highest BCUT2D eigenvalue weighted by Gasteiger charge is 2.64. The molecule has 0 radical (unpaired) electrons. The summed E-state index contributed by atoms with van der Waals surface area (Å²) in [4.78, 5) is 24.0. The van der Waals surface area contributed by atoms with Crippen LogP contribution in [-0.2, 0) is 14.3 Å². The molecule has 0 aromatic heterocycles. The number of carbonyl (C=O) groups excluding carboxylic acids is 1. The molecule has 1 amide bonds. The largest absolute Gasteiger partial charge is 0.512 e.